The molecular formula is C10H16F2N2O2S2. The molecule has 1 heterocycles. The molecule has 2 unspecified atom stereocenters. The van der Waals surface area contributed by atoms with E-state index in [1.54, 1.807) is 0 Å². The first kappa shape index (κ1) is 14.4. The third-order valence-corrected chi connectivity index (χ3v) is 4.70. The van der Waals surface area contributed by atoms with Crippen LogP contribution in [-0.4, -0.2) is 46.5 Å². The number of β-amino-alcohol motifs (C(OH)–C–C–N with tert-alkyl or cyclic N) is 1. The third-order valence-electron chi connectivity index (χ3n) is 3.45. The largest absolute Gasteiger partial charge is 0.390 e. The van der Waals surface area contributed by atoms with Gasteiger partial charge in [-0.1, -0.05) is 11.7 Å². The molecule has 2 atom stereocenters. The predicted octanol–water partition coefficient (Wildman–Crippen LogP) is 1.08. The van der Waals surface area contributed by atoms with Crippen molar-refractivity contribution in [1.29, 1.82) is 0 Å². The minimum absolute atomic E-state index is 0.344. The average molecular weight is 298 g/mol. The second kappa shape index (κ2) is 5.52. The lowest BCUT2D eigenvalue weighted by Gasteiger charge is -2.38. The molecule has 0 aromatic carbocycles. The molecule has 0 spiro atoms. The summed E-state index contributed by atoms with van der Waals surface area (Å²) in [6, 6.07) is -0.344. The summed E-state index contributed by atoms with van der Waals surface area (Å²) in [6.07, 6.45) is -0.827. The summed E-state index contributed by atoms with van der Waals surface area (Å²) >= 11 is 4.04. The van der Waals surface area contributed by atoms with Crippen LogP contribution in [0.25, 0.3) is 0 Å². The maximum atomic E-state index is 12.7. The molecule has 104 valence electrons. The molecule has 0 bridgehead atoms. The standard InChI is InChI=1S/C10H16F2N2O2S2/c11-10(12)3-6(4-10)9(16)13-7-1-2-14(18-17)5-8(7)15/h6-8,15,17H,1-5H2,(H,13,16). The number of nitrogens with one attached hydrogen (secondary N) is 1. The van der Waals surface area contributed by atoms with Crippen LogP contribution in [0.4, 0.5) is 8.78 Å². The highest BCUT2D eigenvalue weighted by Gasteiger charge is 2.49. The van der Waals surface area contributed by atoms with Crippen molar-refractivity contribution in [2.75, 3.05) is 13.1 Å². The lowest BCUT2D eigenvalue weighted by molar-refractivity contribution is -0.151. The molecule has 2 aliphatic rings. The fourth-order valence-corrected chi connectivity index (χ4v) is 3.14. The van der Waals surface area contributed by atoms with Crippen molar-refractivity contribution in [2.45, 2.75) is 37.3 Å². The van der Waals surface area contributed by atoms with Crippen LogP contribution in [0.15, 0.2) is 0 Å². The Morgan fingerprint density at radius 2 is 2.17 bits per heavy atom. The van der Waals surface area contributed by atoms with E-state index in [-0.39, 0.29) is 24.8 Å². The molecule has 0 aromatic heterocycles. The molecule has 2 fully saturated rings. The zero-order valence-electron chi connectivity index (χ0n) is 9.68. The summed E-state index contributed by atoms with van der Waals surface area (Å²) in [7, 11) is 1.25. The first-order valence-corrected chi connectivity index (χ1v) is 7.66. The van der Waals surface area contributed by atoms with Gasteiger partial charge in [-0.05, 0) is 17.4 Å². The molecule has 8 heteroatoms. The van der Waals surface area contributed by atoms with Crippen LogP contribution in [0.5, 0.6) is 0 Å². The van der Waals surface area contributed by atoms with Gasteiger partial charge in [-0.3, -0.25) is 4.79 Å². The van der Waals surface area contributed by atoms with E-state index in [0.29, 0.717) is 19.5 Å². The van der Waals surface area contributed by atoms with E-state index in [4.69, 9.17) is 0 Å². The van der Waals surface area contributed by atoms with Crippen molar-refractivity contribution in [3.8, 4) is 0 Å². The molecule has 1 saturated heterocycles. The molecule has 1 amide bonds. The number of thiol groups is 1. The van der Waals surface area contributed by atoms with E-state index >= 15 is 0 Å². The summed E-state index contributed by atoms with van der Waals surface area (Å²) in [5, 5.41) is 12.5. The van der Waals surface area contributed by atoms with Gasteiger partial charge in [-0.25, -0.2) is 13.1 Å². The van der Waals surface area contributed by atoms with Crippen LogP contribution in [0.1, 0.15) is 19.3 Å². The fraction of sp³-hybridized carbons (Fsp3) is 0.900. The van der Waals surface area contributed by atoms with Gasteiger partial charge >= 0.3 is 0 Å². The SMILES string of the molecule is O=C(NC1CCN(SS)CC1O)C1CC(F)(F)C1. The molecule has 2 N–H and O–H groups in total. The zero-order chi connectivity index (χ0) is 13.3. The number of rotatable bonds is 3. The summed E-state index contributed by atoms with van der Waals surface area (Å²) < 4.78 is 27.2. The Morgan fingerprint density at radius 1 is 1.50 bits per heavy atom. The maximum Gasteiger partial charge on any atom is 0.249 e. The van der Waals surface area contributed by atoms with Crippen LogP contribution >= 0.6 is 22.6 Å². The quantitative estimate of drug-likeness (QED) is 0.414. The van der Waals surface area contributed by atoms with Crippen molar-refractivity contribution in [2.24, 2.45) is 5.92 Å². The number of aliphatic hydroxyl groups is 1. The number of hydrogen-bond donors (Lipinski definition) is 3. The van der Waals surface area contributed by atoms with E-state index in [0.717, 1.165) is 0 Å². The van der Waals surface area contributed by atoms with Gasteiger partial charge in [-0.2, -0.15) is 0 Å². The molecule has 1 aliphatic heterocycles. The lowest BCUT2D eigenvalue weighted by Crippen LogP contribution is -2.55. The van der Waals surface area contributed by atoms with Gasteiger partial charge in [0.15, 0.2) is 0 Å². The average Bonchev–Trinajstić information content (AvgIpc) is 2.28. The zero-order valence-corrected chi connectivity index (χ0v) is 11.4. The van der Waals surface area contributed by atoms with Crippen molar-refractivity contribution >= 4 is 28.5 Å². The molecule has 2 rings (SSSR count). The minimum atomic E-state index is -2.69. The monoisotopic (exact) mass is 298 g/mol. The Morgan fingerprint density at radius 3 is 2.67 bits per heavy atom. The van der Waals surface area contributed by atoms with Gasteiger partial charge in [-0.15, -0.1) is 0 Å². The molecule has 1 saturated carbocycles. The summed E-state index contributed by atoms with van der Waals surface area (Å²) in [5.41, 5.74) is 0. The topological polar surface area (TPSA) is 52.6 Å². The van der Waals surface area contributed by atoms with Crippen LogP contribution in [0.2, 0.25) is 0 Å². The summed E-state index contributed by atoms with van der Waals surface area (Å²) in [5.74, 6) is -3.66. The first-order valence-electron chi connectivity index (χ1n) is 5.84. The van der Waals surface area contributed by atoms with Gasteiger partial charge < -0.3 is 10.4 Å². The fourth-order valence-electron chi connectivity index (χ4n) is 2.29. The predicted molar refractivity (Wildman–Crippen MR) is 68.4 cm³/mol. The minimum Gasteiger partial charge on any atom is -0.390 e. The van der Waals surface area contributed by atoms with Crippen molar-refractivity contribution in [3.05, 3.63) is 0 Å². The van der Waals surface area contributed by atoms with Gasteiger partial charge in [0.1, 0.15) is 0 Å². The van der Waals surface area contributed by atoms with Crippen LogP contribution < -0.4 is 5.32 Å². The van der Waals surface area contributed by atoms with Gasteiger partial charge in [0, 0.05) is 31.8 Å². The second-order valence-electron chi connectivity index (χ2n) is 4.90. The number of nitrogens with zero attached hydrogens (tertiary/aromatic N) is 1. The van der Waals surface area contributed by atoms with E-state index in [2.05, 4.69) is 17.0 Å². The smallest absolute Gasteiger partial charge is 0.249 e. The van der Waals surface area contributed by atoms with Crippen LogP contribution in [0, 0.1) is 5.92 Å². The number of aliphatic hydroxyl groups excluding tert-OH is 1. The Bertz CT molecular complexity index is 325. The Balaban J connectivity index is 1.78. The first-order chi connectivity index (χ1) is 8.41. The van der Waals surface area contributed by atoms with Crippen molar-refractivity contribution in [3.63, 3.8) is 0 Å². The number of piperidine rings is 1. The summed E-state index contributed by atoms with van der Waals surface area (Å²) in [4.78, 5) is 11.7. The number of carbonyl (C=O) groups excluding carboxylic acids is 1. The molecule has 0 aromatic rings. The van der Waals surface area contributed by atoms with E-state index in [1.165, 1.54) is 11.0 Å². The molecule has 4 nitrogen and oxygen atoms in total. The Kier molecular flexibility index (Phi) is 4.40. The van der Waals surface area contributed by atoms with Crippen molar-refractivity contribution < 1.29 is 18.7 Å². The highest BCUT2D eigenvalue weighted by Crippen LogP contribution is 2.42. The van der Waals surface area contributed by atoms with E-state index in [1.807, 2.05) is 4.31 Å². The summed E-state index contributed by atoms with van der Waals surface area (Å²) in [6.45, 7) is 1.12. The second-order valence-corrected chi connectivity index (χ2v) is 6.07. The lowest BCUT2D eigenvalue weighted by atomic mass is 9.80. The van der Waals surface area contributed by atoms with Gasteiger partial charge in [0.25, 0.3) is 0 Å². The normalized spacial score (nSPS) is 32.9. The van der Waals surface area contributed by atoms with E-state index in [9.17, 15) is 18.7 Å². The molecule has 0 radical (unpaired) electrons. The third kappa shape index (κ3) is 3.28. The number of halogens is 2. The number of carbonyl (C=O) groups is 1. The van der Waals surface area contributed by atoms with Gasteiger partial charge in [0.2, 0.25) is 11.8 Å². The number of hydrogen-bond acceptors (Lipinski definition) is 5. The number of alkyl halides is 2. The number of amides is 1. The highest BCUT2D eigenvalue weighted by molar-refractivity contribution is 8.67. The Hall–Kier alpha value is -0.0500. The molecule has 1 aliphatic carbocycles. The highest BCUT2D eigenvalue weighted by atomic mass is 33.1. The maximum absolute atomic E-state index is 12.7. The van der Waals surface area contributed by atoms with E-state index < -0.39 is 17.9 Å². The Labute approximate surface area is 113 Å². The molecule has 18 heavy (non-hydrogen) atoms. The van der Waals surface area contributed by atoms with Crippen LogP contribution in [-0.2, 0) is 4.79 Å². The van der Waals surface area contributed by atoms with Crippen LogP contribution in [0.3, 0.4) is 0 Å². The molecular weight excluding hydrogens is 282 g/mol. The van der Waals surface area contributed by atoms with Crippen molar-refractivity contribution in [1.82, 2.24) is 9.62 Å². The van der Waals surface area contributed by atoms with Gasteiger partial charge in [0.05, 0.1) is 12.1 Å².